The van der Waals surface area contributed by atoms with Gasteiger partial charge in [-0.1, -0.05) is 250 Å². The highest BCUT2D eigenvalue weighted by Gasteiger charge is 2.20. The molecule has 0 rings (SSSR count). The predicted molar refractivity (Wildman–Crippen MR) is 283 cm³/mol. The maximum absolute atomic E-state index is 12.5. The Morgan fingerprint density at radius 3 is 1.09 bits per heavy atom. The van der Waals surface area contributed by atoms with E-state index in [9.17, 15) is 19.8 Å². The summed E-state index contributed by atoms with van der Waals surface area (Å²) in [6.45, 7) is 4.94. The molecule has 0 heterocycles. The second-order valence-corrected chi connectivity index (χ2v) is 20.0. The van der Waals surface area contributed by atoms with Crippen LogP contribution in [0.4, 0.5) is 0 Å². The van der Waals surface area contributed by atoms with E-state index in [-0.39, 0.29) is 18.5 Å². The predicted octanol–water partition coefficient (Wildman–Crippen LogP) is 17.9. The Morgan fingerprint density at radius 1 is 0.415 bits per heavy atom. The fourth-order valence-corrected chi connectivity index (χ4v) is 8.98. The molecule has 0 aromatic carbocycles. The highest BCUT2D eigenvalue weighted by atomic mass is 16.5. The first-order valence-electron chi connectivity index (χ1n) is 29.1. The summed E-state index contributed by atoms with van der Waals surface area (Å²) in [6.07, 6.45) is 66.0. The molecule has 0 spiro atoms. The summed E-state index contributed by atoms with van der Waals surface area (Å²) >= 11 is 0. The maximum Gasteiger partial charge on any atom is 0.305 e. The van der Waals surface area contributed by atoms with E-state index < -0.39 is 12.1 Å². The number of nitrogens with one attached hydrogen (secondary N) is 1. The molecule has 6 heteroatoms. The number of unbranched alkanes of at least 4 members (excludes halogenated alkanes) is 39. The lowest BCUT2D eigenvalue weighted by Crippen LogP contribution is -2.45. The van der Waals surface area contributed by atoms with Gasteiger partial charge in [0.05, 0.1) is 25.4 Å². The van der Waals surface area contributed by atoms with Crippen LogP contribution in [0.15, 0.2) is 24.3 Å². The summed E-state index contributed by atoms with van der Waals surface area (Å²) in [5.74, 6) is -0.0426. The molecule has 6 nitrogen and oxygen atoms in total. The van der Waals surface area contributed by atoms with Crippen molar-refractivity contribution in [1.82, 2.24) is 5.32 Å². The molecule has 0 aromatic rings. The molecule has 0 aliphatic carbocycles. The van der Waals surface area contributed by atoms with Crippen LogP contribution in [0.2, 0.25) is 0 Å². The van der Waals surface area contributed by atoms with E-state index in [1.165, 1.54) is 238 Å². The molecule has 0 aromatic heterocycles. The summed E-state index contributed by atoms with van der Waals surface area (Å²) in [5.41, 5.74) is 0. The van der Waals surface area contributed by atoms with Crippen molar-refractivity contribution in [2.75, 3.05) is 13.2 Å². The molecule has 0 radical (unpaired) electrons. The van der Waals surface area contributed by atoms with Crippen molar-refractivity contribution in [2.24, 2.45) is 0 Å². The van der Waals surface area contributed by atoms with Crippen LogP contribution >= 0.6 is 0 Å². The van der Waals surface area contributed by atoms with Gasteiger partial charge in [-0.3, -0.25) is 9.59 Å². The number of aliphatic hydroxyl groups excluding tert-OH is 2. The van der Waals surface area contributed by atoms with Crippen LogP contribution in [0.25, 0.3) is 0 Å². The Morgan fingerprint density at radius 2 is 0.723 bits per heavy atom. The molecule has 2 unspecified atom stereocenters. The number of amides is 1. The number of carbonyl (C=O) groups excluding carboxylic acids is 2. The third-order valence-corrected chi connectivity index (χ3v) is 13.5. The Hall–Kier alpha value is -1.66. The number of carbonyl (C=O) groups is 2. The molecule has 384 valence electrons. The van der Waals surface area contributed by atoms with Gasteiger partial charge in [-0.2, -0.15) is 0 Å². The molecule has 0 fully saturated rings. The largest absolute Gasteiger partial charge is 0.466 e. The van der Waals surface area contributed by atoms with Crippen molar-refractivity contribution in [3.05, 3.63) is 24.3 Å². The molecule has 2 atom stereocenters. The highest BCUT2D eigenvalue weighted by Crippen LogP contribution is 2.17. The molecule has 1 amide bonds. The van der Waals surface area contributed by atoms with E-state index >= 15 is 0 Å². The number of allylic oxidation sites excluding steroid dienone is 4. The zero-order chi connectivity index (χ0) is 47.2. The Bertz CT molecular complexity index is 1010. The zero-order valence-electron chi connectivity index (χ0n) is 43.7. The van der Waals surface area contributed by atoms with Crippen molar-refractivity contribution >= 4 is 11.9 Å². The summed E-state index contributed by atoms with van der Waals surface area (Å²) in [7, 11) is 0. The van der Waals surface area contributed by atoms with Gasteiger partial charge in [0.2, 0.25) is 5.91 Å². The first-order chi connectivity index (χ1) is 32.0. The number of rotatable bonds is 54. The summed E-state index contributed by atoms with van der Waals surface area (Å²) in [4.78, 5) is 24.5. The molecule has 0 aliphatic heterocycles. The van der Waals surface area contributed by atoms with Gasteiger partial charge in [0.15, 0.2) is 0 Å². The summed E-state index contributed by atoms with van der Waals surface area (Å²) < 4.78 is 5.47. The first kappa shape index (κ1) is 63.3. The lowest BCUT2D eigenvalue weighted by Gasteiger charge is -2.22. The average molecular weight is 917 g/mol. The van der Waals surface area contributed by atoms with E-state index in [0.717, 1.165) is 44.9 Å². The molecule has 0 bridgehead atoms. The van der Waals surface area contributed by atoms with Gasteiger partial charge in [-0.05, 0) is 77.0 Å². The second-order valence-electron chi connectivity index (χ2n) is 20.0. The summed E-state index contributed by atoms with van der Waals surface area (Å²) in [5, 5.41) is 23.2. The van der Waals surface area contributed by atoms with Gasteiger partial charge in [0.25, 0.3) is 0 Å². The molecule has 0 aliphatic rings. The van der Waals surface area contributed by atoms with E-state index in [2.05, 4.69) is 43.5 Å². The van der Waals surface area contributed by atoms with Crippen LogP contribution in [0, 0.1) is 0 Å². The van der Waals surface area contributed by atoms with Crippen molar-refractivity contribution in [2.45, 2.75) is 328 Å². The third kappa shape index (κ3) is 51.6. The minimum atomic E-state index is -0.668. The summed E-state index contributed by atoms with van der Waals surface area (Å²) in [6, 6.07) is -0.546. The lowest BCUT2D eigenvalue weighted by molar-refractivity contribution is -0.143. The number of ether oxygens (including phenoxy) is 1. The molecular formula is C59H113NO5. The van der Waals surface area contributed by atoms with Gasteiger partial charge in [-0.25, -0.2) is 0 Å². The smallest absolute Gasteiger partial charge is 0.305 e. The average Bonchev–Trinajstić information content (AvgIpc) is 3.31. The Kier molecular flexibility index (Phi) is 53.5. The number of aliphatic hydroxyl groups is 2. The first-order valence-corrected chi connectivity index (χ1v) is 29.1. The maximum atomic E-state index is 12.5. The molecular weight excluding hydrogens is 803 g/mol. The van der Waals surface area contributed by atoms with Crippen LogP contribution in [0.5, 0.6) is 0 Å². The third-order valence-electron chi connectivity index (χ3n) is 13.5. The van der Waals surface area contributed by atoms with Gasteiger partial charge in [0, 0.05) is 12.8 Å². The van der Waals surface area contributed by atoms with Crippen molar-refractivity contribution in [1.29, 1.82) is 0 Å². The molecule has 0 saturated carbocycles. The molecule has 65 heavy (non-hydrogen) atoms. The topological polar surface area (TPSA) is 95.9 Å². The lowest BCUT2D eigenvalue weighted by atomic mass is 10.0. The van der Waals surface area contributed by atoms with Crippen LogP contribution in [-0.4, -0.2) is 47.4 Å². The normalized spacial score (nSPS) is 12.7. The minimum absolute atomic E-state index is 0.000247. The molecule has 0 saturated heterocycles. The van der Waals surface area contributed by atoms with Gasteiger partial charge in [0.1, 0.15) is 0 Å². The number of esters is 1. The Labute approximate surface area is 405 Å². The SMILES string of the molecule is CCCCCCC/C=C\CCCCCCCC(=O)OCCCCCCCCCCCC/C=C\CCCCCCCCCC(=O)NC(CO)C(O)CCCCCCCCCCCCCCC. The van der Waals surface area contributed by atoms with E-state index in [1.807, 2.05) is 0 Å². The van der Waals surface area contributed by atoms with Crippen LogP contribution < -0.4 is 5.32 Å². The van der Waals surface area contributed by atoms with Crippen molar-refractivity contribution in [3.63, 3.8) is 0 Å². The van der Waals surface area contributed by atoms with Crippen LogP contribution in [-0.2, 0) is 14.3 Å². The zero-order valence-corrected chi connectivity index (χ0v) is 43.7. The van der Waals surface area contributed by atoms with Gasteiger partial charge < -0.3 is 20.3 Å². The van der Waals surface area contributed by atoms with Crippen LogP contribution in [0.1, 0.15) is 316 Å². The Balaban J connectivity index is 3.42. The quantitative estimate of drug-likeness (QED) is 0.0321. The van der Waals surface area contributed by atoms with Crippen LogP contribution in [0.3, 0.4) is 0 Å². The van der Waals surface area contributed by atoms with Crippen molar-refractivity contribution < 1.29 is 24.5 Å². The standard InChI is InChI=1S/C59H113NO5/c1-3-5-7-9-11-13-15-17-29-33-37-41-45-49-53-59(64)65-54-50-46-42-38-34-30-26-24-22-20-18-19-21-23-25-28-32-36-40-44-48-52-58(63)60-56(55-61)57(62)51-47-43-39-35-31-27-16-14-12-10-8-6-4-2/h15,17,19,21,56-57,61-62H,3-14,16,18,20,22-55H2,1-2H3,(H,60,63)/b17-15-,21-19-. The number of hydrogen-bond donors (Lipinski definition) is 3. The monoisotopic (exact) mass is 916 g/mol. The van der Waals surface area contributed by atoms with E-state index in [1.54, 1.807) is 0 Å². The van der Waals surface area contributed by atoms with Gasteiger partial charge in [-0.15, -0.1) is 0 Å². The highest BCUT2D eigenvalue weighted by molar-refractivity contribution is 5.76. The molecule has 3 N–H and O–H groups in total. The fourth-order valence-electron chi connectivity index (χ4n) is 8.98. The minimum Gasteiger partial charge on any atom is -0.466 e. The van der Waals surface area contributed by atoms with E-state index in [4.69, 9.17) is 4.74 Å². The number of hydrogen-bond acceptors (Lipinski definition) is 5. The van der Waals surface area contributed by atoms with Gasteiger partial charge >= 0.3 is 5.97 Å². The fraction of sp³-hybridized carbons (Fsp3) is 0.898. The second kappa shape index (κ2) is 54.9. The van der Waals surface area contributed by atoms with Crippen molar-refractivity contribution in [3.8, 4) is 0 Å². The van der Waals surface area contributed by atoms with E-state index in [0.29, 0.717) is 25.9 Å².